The van der Waals surface area contributed by atoms with Crippen LogP contribution in [0.25, 0.3) is 0 Å². The van der Waals surface area contributed by atoms with Crippen molar-refractivity contribution < 1.29 is 20.1 Å². The van der Waals surface area contributed by atoms with E-state index in [0.29, 0.717) is 23.1 Å². The highest BCUT2D eigenvalue weighted by Crippen LogP contribution is 2.42. The fraction of sp³-hybridized carbons (Fsp3) is 0.545. The van der Waals surface area contributed by atoms with Crippen molar-refractivity contribution >= 4 is 6.29 Å². The number of carbonyl (C=O) groups is 1. The summed E-state index contributed by atoms with van der Waals surface area (Å²) in [5, 5.41) is 29.8. The zero-order chi connectivity index (χ0) is 12.1. The van der Waals surface area contributed by atoms with Gasteiger partial charge in [-0.3, -0.25) is 4.79 Å². The second-order valence-electron chi connectivity index (χ2n) is 4.49. The molecule has 3 N–H and O–H groups in total. The number of carbonyl (C=O) groups excluding carboxylic acids is 1. The Balaban J connectivity index is 2.70. The topological polar surface area (TPSA) is 82.7 Å². The molecule has 0 aromatic carbocycles. The van der Waals surface area contributed by atoms with Crippen LogP contribution in [0.4, 0.5) is 0 Å². The second kappa shape index (κ2) is 3.41. The smallest absolute Gasteiger partial charge is 0.151 e. The monoisotopic (exact) mass is 225 g/mol. The predicted octanol–water partition coefficient (Wildman–Crippen LogP) is -0.157. The first-order valence-corrected chi connectivity index (χ1v) is 5.13. The highest BCUT2D eigenvalue weighted by Gasteiger charge is 2.44. The van der Waals surface area contributed by atoms with E-state index in [0.717, 1.165) is 0 Å². The number of rotatable bonds is 1. The van der Waals surface area contributed by atoms with Gasteiger partial charge in [-0.1, -0.05) is 0 Å². The molecule has 0 amide bonds. The summed E-state index contributed by atoms with van der Waals surface area (Å²) in [7, 11) is 1.67. The molecule has 1 aromatic heterocycles. The van der Waals surface area contributed by atoms with Crippen molar-refractivity contribution in [2.24, 2.45) is 7.05 Å². The van der Waals surface area contributed by atoms with E-state index in [-0.39, 0.29) is 6.42 Å². The van der Waals surface area contributed by atoms with Crippen LogP contribution in [0.1, 0.15) is 41.1 Å². The van der Waals surface area contributed by atoms with Gasteiger partial charge in [0.1, 0.15) is 5.60 Å². The van der Waals surface area contributed by atoms with Gasteiger partial charge in [-0.2, -0.15) is 0 Å². The molecule has 0 saturated carbocycles. The second-order valence-corrected chi connectivity index (χ2v) is 4.49. The first-order valence-electron chi connectivity index (χ1n) is 5.13. The van der Waals surface area contributed by atoms with Crippen molar-refractivity contribution in [1.82, 2.24) is 4.57 Å². The number of hydrogen-bond acceptors (Lipinski definition) is 4. The summed E-state index contributed by atoms with van der Waals surface area (Å²) >= 11 is 0. The number of aliphatic hydroxyl groups excluding tert-OH is 2. The molecule has 0 fully saturated rings. The Morgan fingerprint density at radius 1 is 1.56 bits per heavy atom. The van der Waals surface area contributed by atoms with Gasteiger partial charge in [0.25, 0.3) is 0 Å². The van der Waals surface area contributed by atoms with Crippen molar-refractivity contribution in [3.8, 4) is 0 Å². The number of nitrogens with zero attached hydrogens (tertiary/aromatic N) is 1. The summed E-state index contributed by atoms with van der Waals surface area (Å²) in [4.78, 5) is 10.9. The lowest BCUT2D eigenvalue weighted by molar-refractivity contribution is -0.102. The molecule has 3 atom stereocenters. The number of fused-ring (bicyclic) bond motifs is 1. The van der Waals surface area contributed by atoms with E-state index in [9.17, 15) is 20.1 Å². The highest BCUT2D eigenvalue weighted by molar-refractivity contribution is 5.78. The summed E-state index contributed by atoms with van der Waals surface area (Å²) < 4.78 is 1.57. The Morgan fingerprint density at radius 2 is 2.19 bits per heavy atom. The maximum Gasteiger partial charge on any atom is 0.151 e. The molecule has 0 bridgehead atoms. The van der Waals surface area contributed by atoms with E-state index in [2.05, 4.69) is 0 Å². The summed E-state index contributed by atoms with van der Waals surface area (Å²) in [5.41, 5.74) is -0.254. The lowest BCUT2D eigenvalue weighted by Gasteiger charge is -2.37. The normalized spacial score (nSPS) is 33.6. The van der Waals surface area contributed by atoms with Gasteiger partial charge in [-0.05, 0) is 6.92 Å². The molecule has 0 radical (unpaired) electrons. The summed E-state index contributed by atoms with van der Waals surface area (Å²) in [6, 6.07) is 0. The lowest BCUT2D eigenvalue weighted by atomic mass is 9.80. The van der Waals surface area contributed by atoms with Crippen LogP contribution in [0.2, 0.25) is 0 Å². The van der Waals surface area contributed by atoms with Crippen LogP contribution in [0.5, 0.6) is 0 Å². The molecule has 5 heteroatoms. The van der Waals surface area contributed by atoms with Crippen LogP contribution in [-0.2, 0) is 12.6 Å². The SMILES string of the molecule is Cn1cc(C=O)c2c1[C@](C)(O)[C@H](O)C[C@@H]2O. The van der Waals surface area contributed by atoms with Crippen LogP contribution in [-0.4, -0.2) is 32.3 Å². The molecule has 1 aliphatic carbocycles. The Hall–Kier alpha value is -1.17. The summed E-state index contributed by atoms with van der Waals surface area (Å²) in [6.45, 7) is 1.48. The minimum Gasteiger partial charge on any atom is -0.390 e. The van der Waals surface area contributed by atoms with E-state index in [4.69, 9.17) is 0 Å². The van der Waals surface area contributed by atoms with Crippen LogP contribution >= 0.6 is 0 Å². The molecule has 2 rings (SSSR count). The van der Waals surface area contributed by atoms with Gasteiger partial charge in [0.05, 0.1) is 17.9 Å². The van der Waals surface area contributed by atoms with Gasteiger partial charge in [0.15, 0.2) is 6.29 Å². The minimum absolute atomic E-state index is 0.0326. The Kier molecular flexibility index (Phi) is 2.41. The van der Waals surface area contributed by atoms with Gasteiger partial charge in [-0.15, -0.1) is 0 Å². The van der Waals surface area contributed by atoms with Crippen molar-refractivity contribution in [1.29, 1.82) is 0 Å². The van der Waals surface area contributed by atoms with Crippen LogP contribution < -0.4 is 0 Å². The number of aliphatic hydroxyl groups is 3. The fourth-order valence-corrected chi connectivity index (χ4v) is 2.46. The first-order chi connectivity index (χ1) is 7.39. The average molecular weight is 225 g/mol. The Labute approximate surface area is 92.9 Å². The van der Waals surface area contributed by atoms with E-state index in [1.165, 1.54) is 6.92 Å². The third-order valence-electron chi connectivity index (χ3n) is 3.29. The third-order valence-corrected chi connectivity index (χ3v) is 3.29. The highest BCUT2D eigenvalue weighted by atomic mass is 16.3. The summed E-state index contributed by atoms with van der Waals surface area (Å²) in [5.74, 6) is 0. The molecular formula is C11H15NO4. The van der Waals surface area contributed by atoms with E-state index >= 15 is 0 Å². The van der Waals surface area contributed by atoms with Crippen molar-refractivity contribution in [2.45, 2.75) is 31.2 Å². The molecule has 1 aliphatic rings. The maximum absolute atomic E-state index is 10.9. The van der Waals surface area contributed by atoms with Gasteiger partial charge in [0.2, 0.25) is 0 Å². The van der Waals surface area contributed by atoms with Crippen molar-refractivity contribution in [3.63, 3.8) is 0 Å². The number of aryl methyl sites for hydroxylation is 1. The molecular weight excluding hydrogens is 210 g/mol. The average Bonchev–Trinajstić information content (AvgIpc) is 2.54. The molecule has 0 saturated heterocycles. The number of aldehydes is 1. The van der Waals surface area contributed by atoms with E-state index in [1.54, 1.807) is 17.8 Å². The molecule has 5 nitrogen and oxygen atoms in total. The largest absolute Gasteiger partial charge is 0.390 e. The van der Waals surface area contributed by atoms with Gasteiger partial charge < -0.3 is 19.9 Å². The number of hydrogen-bond donors (Lipinski definition) is 3. The number of aromatic nitrogens is 1. The molecule has 0 unspecified atom stereocenters. The molecule has 0 aliphatic heterocycles. The maximum atomic E-state index is 10.9. The van der Waals surface area contributed by atoms with Crippen molar-refractivity contribution in [2.75, 3.05) is 0 Å². The van der Waals surface area contributed by atoms with Gasteiger partial charge in [-0.25, -0.2) is 0 Å². The van der Waals surface area contributed by atoms with E-state index < -0.39 is 17.8 Å². The zero-order valence-electron chi connectivity index (χ0n) is 9.21. The predicted molar refractivity (Wildman–Crippen MR) is 56.0 cm³/mol. The summed E-state index contributed by atoms with van der Waals surface area (Å²) in [6.07, 6.45) is 0.281. The Morgan fingerprint density at radius 3 is 2.75 bits per heavy atom. The lowest BCUT2D eigenvalue weighted by Crippen LogP contribution is -2.43. The minimum atomic E-state index is -1.44. The standard InChI is InChI=1S/C11H15NO4/c1-11(16)8(15)3-7(14)9-6(5-13)4-12(2)10(9)11/h4-5,7-8,14-16H,3H2,1-2H3/t7-,8+,11+/m0/s1. The fourth-order valence-electron chi connectivity index (χ4n) is 2.46. The van der Waals surface area contributed by atoms with Gasteiger partial charge in [0, 0.05) is 30.8 Å². The van der Waals surface area contributed by atoms with Gasteiger partial charge >= 0.3 is 0 Å². The quantitative estimate of drug-likeness (QED) is 0.580. The Bertz CT molecular complexity index is 435. The first kappa shape index (κ1) is 11.3. The molecule has 1 aromatic rings. The molecule has 16 heavy (non-hydrogen) atoms. The van der Waals surface area contributed by atoms with Crippen LogP contribution in [0, 0.1) is 0 Å². The third kappa shape index (κ3) is 1.32. The molecule has 1 heterocycles. The molecule has 88 valence electrons. The van der Waals surface area contributed by atoms with Crippen LogP contribution in [0.15, 0.2) is 6.20 Å². The molecule has 0 spiro atoms. The zero-order valence-corrected chi connectivity index (χ0v) is 9.21. The van der Waals surface area contributed by atoms with Crippen molar-refractivity contribution in [3.05, 3.63) is 23.0 Å². The van der Waals surface area contributed by atoms with E-state index in [1.807, 2.05) is 0 Å². The van der Waals surface area contributed by atoms with Crippen LogP contribution in [0.3, 0.4) is 0 Å².